The van der Waals surface area contributed by atoms with Gasteiger partial charge < -0.3 is 10.9 Å². The highest BCUT2D eigenvalue weighted by molar-refractivity contribution is 6.01. The summed E-state index contributed by atoms with van der Waals surface area (Å²) in [5, 5.41) is 18.7. The lowest BCUT2D eigenvalue weighted by molar-refractivity contribution is 0.319. The first-order valence-electron chi connectivity index (χ1n) is 11.3. The maximum atomic E-state index is 14.4. The van der Waals surface area contributed by atoms with E-state index in [1.807, 2.05) is 36.4 Å². The second-order valence-corrected chi connectivity index (χ2v) is 8.54. The molecular formula is C28H25FN4O. The summed E-state index contributed by atoms with van der Waals surface area (Å²) < 4.78 is 14.4. The number of allylic oxidation sites excluding steroid dienone is 1. The first kappa shape index (κ1) is 21.6. The van der Waals surface area contributed by atoms with Crippen molar-refractivity contribution in [2.45, 2.75) is 19.3 Å². The van der Waals surface area contributed by atoms with Crippen molar-refractivity contribution in [1.29, 1.82) is 0 Å². The standard InChI is InChI=1S/C28H25FN4O/c29-28-23-17-22(14-15-24(23)31-32-28)27(21-12-9-18(10-13-21)11-16-25(30)33-34)26(20-7-4-8-20)19-5-2-1-3-6-19/h1-3,5-6,9-17,20,34H,4,7-8H2,(H2,30,33)(H,31,32). The number of hydrogen-bond acceptors (Lipinski definition) is 3. The summed E-state index contributed by atoms with van der Waals surface area (Å²) >= 11 is 0. The van der Waals surface area contributed by atoms with E-state index >= 15 is 0 Å². The lowest BCUT2D eigenvalue weighted by Crippen LogP contribution is -2.15. The van der Waals surface area contributed by atoms with Crippen LogP contribution in [0.25, 0.3) is 28.1 Å². The number of benzene rings is 3. The maximum absolute atomic E-state index is 14.4. The Bertz CT molecular complexity index is 1400. The monoisotopic (exact) mass is 452 g/mol. The van der Waals surface area contributed by atoms with Crippen LogP contribution >= 0.6 is 0 Å². The molecule has 4 aromatic rings. The van der Waals surface area contributed by atoms with Crippen molar-refractivity contribution in [3.05, 3.63) is 107 Å². The molecule has 170 valence electrons. The molecule has 0 aliphatic heterocycles. The molecule has 1 fully saturated rings. The number of oxime groups is 1. The van der Waals surface area contributed by atoms with Gasteiger partial charge in [0.05, 0.1) is 10.9 Å². The number of nitrogens with two attached hydrogens (primary N) is 1. The van der Waals surface area contributed by atoms with E-state index in [1.54, 1.807) is 12.2 Å². The largest absolute Gasteiger partial charge is 0.409 e. The van der Waals surface area contributed by atoms with Gasteiger partial charge in [-0.25, -0.2) is 0 Å². The molecule has 0 atom stereocenters. The normalized spacial score (nSPS) is 15.5. The Morgan fingerprint density at radius 1 is 1.00 bits per heavy atom. The van der Waals surface area contributed by atoms with E-state index in [0.29, 0.717) is 16.8 Å². The van der Waals surface area contributed by atoms with Gasteiger partial charge >= 0.3 is 0 Å². The lowest BCUT2D eigenvalue weighted by atomic mass is 9.73. The van der Waals surface area contributed by atoms with E-state index in [2.05, 4.69) is 51.8 Å². The van der Waals surface area contributed by atoms with Crippen LogP contribution in [0.5, 0.6) is 0 Å². The number of nitrogens with zero attached hydrogens (tertiary/aromatic N) is 2. The Morgan fingerprint density at radius 2 is 1.74 bits per heavy atom. The zero-order chi connectivity index (χ0) is 23.5. The number of nitrogens with one attached hydrogen (secondary N) is 1. The van der Waals surface area contributed by atoms with Gasteiger partial charge in [0.15, 0.2) is 5.84 Å². The molecule has 0 radical (unpaired) electrons. The number of hydrogen-bond donors (Lipinski definition) is 3. The fraction of sp³-hybridized carbons (Fsp3) is 0.143. The molecule has 0 saturated heterocycles. The fourth-order valence-electron chi connectivity index (χ4n) is 4.49. The zero-order valence-electron chi connectivity index (χ0n) is 18.6. The summed E-state index contributed by atoms with van der Waals surface area (Å²) in [6.07, 6.45) is 6.82. The molecule has 1 aliphatic rings. The molecule has 34 heavy (non-hydrogen) atoms. The molecule has 5 nitrogen and oxygen atoms in total. The van der Waals surface area contributed by atoms with Crippen LogP contribution in [-0.4, -0.2) is 21.2 Å². The third-order valence-electron chi connectivity index (χ3n) is 6.43. The summed E-state index contributed by atoms with van der Waals surface area (Å²) in [5.41, 5.74) is 12.7. The molecule has 0 spiro atoms. The highest BCUT2D eigenvalue weighted by Gasteiger charge is 2.27. The average Bonchev–Trinajstić information content (AvgIpc) is 3.22. The number of H-pyrrole nitrogens is 1. The van der Waals surface area contributed by atoms with Crippen molar-refractivity contribution in [3.63, 3.8) is 0 Å². The zero-order valence-corrected chi connectivity index (χ0v) is 18.6. The number of halogens is 1. The van der Waals surface area contributed by atoms with Crippen molar-refractivity contribution in [2.24, 2.45) is 16.8 Å². The van der Waals surface area contributed by atoms with Crippen LogP contribution in [0.1, 0.15) is 41.5 Å². The summed E-state index contributed by atoms with van der Waals surface area (Å²) in [6, 6.07) is 24.4. The minimum absolute atomic E-state index is 0.0384. The molecule has 5 rings (SSSR count). The number of aromatic nitrogens is 2. The second-order valence-electron chi connectivity index (χ2n) is 8.54. The third-order valence-corrected chi connectivity index (χ3v) is 6.43. The summed E-state index contributed by atoms with van der Waals surface area (Å²) in [4.78, 5) is 0. The van der Waals surface area contributed by atoms with Gasteiger partial charge in [-0.1, -0.05) is 78.3 Å². The third kappa shape index (κ3) is 4.22. The van der Waals surface area contributed by atoms with E-state index in [0.717, 1.165) is 35.1 Å². The average molecular weight is 453 g/mol. The van der Waals surface area contributed by atoms with Crippen LogP contribution in [0.4, 0.5) is 4.39 Å². The minimum atomic E-state index is -0.496. The molecule has 1 aliphatic carbocycles. The highest BCUT2D eigenvalue weighted by Crippen LogP contribution is 2.45. The van der Waals surface area contributed by atoms with Crippen LogP contribution in [0, 0.1) is 11.9 Å². The topological polar surface area (TPSA) is 87.3 Å². The van der Waals surface area contributed by atoms with Gasteiger partial charge in [-0.05, 0) is 70.4 Å². The Morgan fingerprint density at radius 3 is 2.41 bits per heavy atom. The predicted molar refractivity (Wildman–Crippen MR) is 135 cm³/mol. The molecule has 1 heterocycles. The van der Waals surface area contributed by atoms with Gasteiger partial charge in [-0.3, -0.25) is 5.10 Å². The molecule has 0 unspecified atom stereocenters. The van der Waals surface area contributed by atoms with Gasteiger partial charge in [0.1, 0.15) is 0 Å². The lowest BCUT2D eigenvalue weighted by Gasteiger charge is -2.31. The van der Waals surface area contributed by atoms with Crippen LogP contribution in [-0.2, 0) is 0 Å². The van der Waals surface area contributed by atoms with E-state index < -0.39 is 5.95 Å². The van der Waals surface area contributed by atoms with Gasteiger partial charge in [0.2, 0.25) is 5.95 Å². The van der Waals surface area contributed by atoms with Crippen molar-refractivity contribution < 1.29 is 9.60 Å². The van der Waals surface area contributed by atoms with E-state index in [4.69, 9.17) is 10.9 Å². The smallest absolute Gasteiger partial charge is 0.240 e. The molecule has 0 bridgehead atoms. The first-order chi connectivity index (χ1) is 16.6. The first-order valence-corrected chi connectivity index (χ1v) is 11.3. The Hall–Kier alpha value is -4.19. The Kier molecular flexibility index (Phi) is 5.95. The molecule has 4 N–H and O–H groups in total. The number of fused-ring (bicyclic) bond motifs is 1. The van der Waals surface area contributed by atoms with Crippen LogP contribution in [0.3, 0.4) is 0 Å². The SMILES string of the molecule is NC(C=Cc1ccc(C(=C(c2ccccc2)C2CCC2)c2ccc3[nH]nc(F)c3c2)cc1)=NO. The van der Waals surface area contributed by atoms with Gasteiger partial charge in [-0.15, -0.1) is 5.10 Å². The van der Waals surface area contributed by atoms with Crippen molar-refractivity contribution in [3.8, 4) is 0 Å². The van der Waals surface area contributed by atoms with Crippen LogP contribution in [0.15, 0.2) is 84.0 Å². The fourth-order valence-corrected chi connectivity index (χ4v) is 4.49. The number of amidine groups is 1. The number of aromatic amines is 1. The minimum Gasteiger partial charge on any atom is -0.409 e. The van der Waals surface area contributed by atoms with Crippen molar-refractivity contribution >= 4 is 34.0 Å². The summed E-state index contributed by atoms with van der Waals surface area (Å²) in [7, 11) is 0. The molecular weight excluding hydrogens is 427 g/mol. The summed E-state index contributed by atoms with van der Waals surface area (Å²) in [6.45, 7) is 0. The molecule has 0 amide bonds. The van der Waals surface area contributed by atoms with E-state index in [-0.39, 0.29) is 5.84 Å². The Balaban J connectivity index is 1.70. The predicted octanol–water partition coefficient (Wildman–Crippen LogP) is 6.22. The molecule has 6 heteroatoms. The van der Waals surface area contributed by atoms with Crippen molar-refractivity contribution in [2.75, 3.05) is 0 Å². The van der Waals surface area contributed by atoms with E-state index in [1.165, 1.54) is 17.6 Å². The second kappa shape index (κ2) is 9.35. The van der Waals surface area contributed by atoms with E-state index in [9.17, 15) is 4.39 Å². The number of rotatable bonds is 6. The molecule has 1 saturated carbocycles. The van der Waals surface area contributed by atoms with Gasteiger partial charge in [-0.2, -0.15) is 4.39 Å². The summed E-state index contributed by atoms with van der Waals surface area (Å²) in [5.74, 6) is -0.0105. The van der Waals surface area contributed by atoms with Gasteiger partial charge in [0, 0.05) is 0 Å². The maximum Gasteiger partial charge on any atom is 0.240 e. The molecule has 1 aromatic heterocycles. The van der Waals surface area contributed by atoms with Crippen LogP contribution in [0.2, 0.25) is 0 Å². The Labute approximate surface area is 197 Å². The van der Waals surface area contributed by atoms with Crippen molar-refractivity contribution in [1.82, 2.24) is 10.2 Å². The van der Waals surface area contributed by atoms with Crippen LogP contribution < -0.4 is 5.73 Å². The highest BCUT2D eigenvalue weighted by atomic mass is 19.1. The molecule has 3 aromatic carbocycles. The van der Waals surface area contributed by atoms with Gasteiger partial charge in [0.25, 0.3) is 0 Å². The quantitative estimate of drug-likeness (QED) is 0.107.